The Kier molecular flexibility index (Phi) is 3.39. The summed E-state index contributed by atoms with van der Waals surface area (Å²) in [4.78, 5) is 0. The first kappa shape index (κ1) is 12.4. The molecular formula is C18H20Si. The van der Waals surface area contributed by atoms with Crippen LogP contribution in [-0.4, -0.2) is 8.80 Å². The van der Waals surface area contributed by atoms with E-state index >= 15 is 0 Å². The minimum Gasteiger partial charge on any atom is -0.0764 e. The molecule has 1 aliphatic rings. The summed E-state index contributed by atoms with van der Waals surface area (Å²) in [7, 11) is -0.747. The van der Waals surface area contributed by atoms with E-state index in [-0.39, 0.29) is 0 Å². The second-order valence-corrected chi connectivity index (χ2v) is 8.65. The van der Waals surface area contributed by atoms with Crippen molar-refractivity contribution >= 4 is 14.9 Å². The summed E-state index contributed by atoms with van der Waals surface area (Å²) >= 11 is 0. The minimum absolute atomic E-state index is 0.616. The second kappa shape index (κ2) is 5.18. The van der Waals surface area contributed by atoms with Gasteiger partial charge in [0.25, 0.3) is 0 Å². The molecule has 1 unspecified atom stereocenters. The first-order valence-electron chi connectivity index (χ1n) is 7.10. The van der Waals surface area contributed by atoms with E-state index in [4.69, 9.17) is 0 Å². The highest BCUT2D eigenvalue weighted by molar-refractivity contribution is 6.65. The highest BCUT2D eigenvalue weighted by Crippen LogP contribution is 2.39. The van der Waals surface area contributed by atoms with E-state index in [0.717, 1.165) is 6.42 Å². The summed E-state index contributed by atoms with van der Waals surface area (Å²) in [5.74, 6) is 0.616. The zero-order valence-electron chi connectivity index (χ0n) is 11.6. The fraction of sp³-hybridized carbons (Fsp3) is 0.222. The summed E-state index contributed by atoms with van der Waals surface area (Å²) in [5, 5.41) is 1.71. The lowest BCUT2D eigenvalue weighted by Crippen LogP contribution is -2.13. The molecule has 0 N–H and O–H groups in total. The van der Waals surface area contributed by atoms with E-state index in [9.17, 15) is 0 Å². The Bertz CT molecular complexity index is 596. The molecule has 19 heavy (non-hydrogen) atoms. The van der Waals surface area contributed by atoms with Crippen LogP contribution in [0.1, 0.15) is 22.6 Å². The molecule has 0 amide bonds. The van der Waals surface area contributed by atoms with Gasteiger partial charge in [-0.3, -0.25) is 0 Å². The van der Waals surface area contributed by atoms with Crippen LogP contribution >= 0.6 is 0 Å². The van der Waals surface area contributed by atoms with Crippen LogP contribution in [0.15, 0.2) is 59.8 Å². The van der Waals surface area contributed by atoms with E-state index < -0.39 is 8.80 Å². The van der Waals surface area contributed by atoms with Crippen LogP contribution in [0.2, 0.25) is 13.1 Å². The smallest absolute Gasteiger partial charge is 0.0604 e. The van der Waals surface area contributed by atoms with Crippen LogP contribution in [0.25, 0.3) is 6.08 Å². The summed E-state index contributed by atoms with van der Waals surface area (Å²) in [6.45, 7) is 4.88. The first-order valence-corrected chi connectivity index (χ1v) is 9.98. The van der Waals surface area contributed by atoms with Gasteiger partial charge in [-0.1, -0.05) is 79.0 Å². The zero-order chi connectivity index (χ0) is 13.2. The van der Waals surface area contributed by atoms with Crippen LogP contribution in [-0.2, 0) is 6.42 Å². The Morgan fingerprint density at radius 3 is 2.32 bits per heavy atom. The third-order valence-electron chi connectivity index (χ3n) is 4.05. The molecule has 0 nitrogen and oxygen atoms in total. The van der Waals surface area contributed by atoms with Gasteiger partial charge in [0.05, 0.1) is 8.80 Å². The standard InChI is InChI=1S/C18H20Si/c1-19(2)18-13-15-10-6-7-11-16(15)17(18)12-14-8-4-3-5-9-14/h3-11,13,17,19H,12H2,1-2H3. The maximum atomic E-state index is 2.46. The molecule has 0 radical (unpaired) electrons. The molecule has 1 aliphatic carbocycles. The summed E-state index contributed by atoms with van der Waals surface area (Å²) < 4.78 is 0. The fourth-order valence-corrected chi connectivity index (χ4v) is 4.68. The quantitative estimate of drug-likeness (QED) is 0.719. The van der Waals surface area contributed by atoms with Crippen molar-refractivity contribution < 1.29 is 0 Å². The van der Waals surface area contributed by atoms with Gasteiger partial charge in [0.1, 0.15) is 0 Å². The van der Waals surface area contributed by atoms with Crippen LogP contribution in [0.3, 0.4) is 0 Å². The Balaban J connectivity index is 1.96. The topological polar surface area (TPSA) is 0 Å². The highest BCUT2D eigenvalue weighted by Gasteiger charge is 2.26. The van der Waals surface area contributed by atoms with Crippen LogP contribution in [0.4, 0.5) is 0 Å². The number of fused-ring (bicyclic) bond motifs is 1. The molecule has 1 atom stereocenters. The molecule has 2 aromatic rings. The predicted molar refractivity (Wildman–Crippen MR) is 86.2 cm³/mol. The van der Waals surface area contributed by atoms with Gasteiger partial charge in [-0.05, 0) is 23.1 Å². The molecule has 0 saturated carbocycles. The Morgan fingerprint density at radius 2 is 1.58 bits per heavy atom. The van der Waals surface area contributed by atoms with Gasteiger partial charge in [-0.25, -0.2) is 0 Å². The van der Waals surface area contributed by atoms with Crippen LogP contribution in [0, 0.1) is 0 Å². The number of allylic oxidation sites excluding steroid dienone is 1. The van der Waals surface area contributed by atoms with Crippen molar-refractivity contribution in [3.05, 3.63) is 76.5 Å². The molecule has 0 aliphatic heterocycles. The van der Waals surface area contributed by atoms with Crippen molar-refractivity contribution in [1.82, 2.24) is 0 Å². The molecule has 96 valence electrons. The van der Waals surface area contributed by atoms with Crippen molar-refractivity contribution in [1.29, 1.82) is 0 Å². The highest BCUT2D eigenvalue weighted by atomic mass is 28.3. The maximum Gasteiger partial charge on any atom is 0.0604 e. The van der Waals surface area contributed by atoms with Crippen molar-refractivity contribution in [2.45, 2.75) is 25.4 Å². The second-order valence-electron chi connectivity index (χ2n) is 5.67. The van der Waals surface area contributed by atoms with Gasteiger partial charge in [0.2, 0.25) is 0 Å². The molecule has 0 spiro atoms. The van der Waals surface area contributed by atoms with E-state index in [0.29, 0.717) is 5.92 Å². The zero-order valence-corrected chi connectivity index (χ0v) is 12.8. The molecule has 3 rings (SSSR count). The molecule has 0 heterocycles. The van der Waals surface area contributed by atoms with Crippen molar-refractivity contribution in [2.75, 3.05) is 0 Å². The van der Waals surface area contributed by atoms with Crippen LogP contribution in [0.5, 0.6) is 0 Å². The molecule has 0 saturated heterocycles. The van der Waals surface area contributed by atoms with Gasteiger partial charge in [0, 0.05) is 5.92 Å². The van der Waals surface area contributed by atoms with E-state index in [2.05, 4.69) is 73.8 Å². The van der Waals surface area contributed by atoms with Crippen molar-refractivity contribution in [3.8, 4) is 0 Å². The third-order valence-corrected chi connectivity index (χ3v) is 5.95. The lowest BCUT2D eigenvalue weighted by molar-refractivity contribution is 0.833. The lowest BCUT2D eigenvalue weighted by atomic mass is 9.93. The average Bonchev–Trinajstić information content (AvgIpc) is 2.79. The molecular weight excluding hydrogens is 244 g/mol. The van der Waals surface area contributed by atoms with Crippen molar-refractivity contribution in [3.63, 3.8) is 0 Å². The fourth-order valence-electron chi connectivity index (χ4n) is 3.07. The molecule has 0 fully saturated rings. The summed E-state index contributed by atoms with van der Waals surface area (Å²) in [6, 6.07) is 19.8. The average molecular weight is 264 g/mol. The van der Waals surface area contributed by atoms with Gasteiger partial charge in [0.15, 0.2) is 0 Å². The Labute approximate surface area is 117 Å². The van der Waals surface area contributed by atoms with E-state index in [1.165, 1.54) is 16.7 Å². The summed E-state index contributed by atoms with van der Waals surface area (Å²) in [6.07, 6.45) is 3.61. The third kappa shape index (κ3) is 2.43. The van der Waals surface area contributed by atoms with Crippen LogP contribution < -0.4 is 0 Å². The first-order chi connectivity index (χ1) is 9.25. The monoisotopic (exact) mass is 264 g/mol. The number of benzene rings is 2. The number of rotatable bonds is 3. The predicted octanol–water partition coefficient (Wildman–Crippen LogP) is 4.44. The molecule has 1 heteroatoms. The van der Waals surface area contributed by atoms with Gasteiger partial charge in [-0.2, -0.15) is 0 Å². The maximum absolute atomic E-state index is 2.46. The van der Waals surface area contributed by atoms with Gasteiger partial charge in [-0.15, -0.1) is 0 Å². The molecule has 2 aromatic carbocycles. The van der Waals surface area contributed by atoms with Crippen molar-refractivity contribution in [2.24, 2.45) is 0 Å². The normalized spacial score (nSPS) is 17.4. The Hall–Kier alpha value is -1.60. The Morgan fingerprint density at radius 1 is 0.895 bits per heavy atom. The van der Waals surface area contributed by atoms with E-state index in [1.54, 1.807) is 5.20 Å². The SMILES string of the molecule is C[SiH](C)C1=Cc2ccccc2C1Cc1ccccc1. The van der Waals surface area contributed by atoms with E-state index in [1.807, 2.05) is 0 Å². The lowest BCUT2D eigenvalue weighted by Gasteiger charge is -2.19. The minimum atomic E-state index is -0.747. The number of hydrogen-bond donors (Lipinski definition) is 0. The number of hydrogen-bond acceptors (Lipinski definition) is 0. The van der Waals surface area contributed by atoms with Gasteiger partial charge >= 0.3 is 0 Å². The largest absolute Gasteiger partial charge is 0.0764 e. The van der Waals surface area contributed by atoms with Gasteiger partial charge < -0.3 is 0 Å². The summed E-state index contributed by atoms with van der Waals surface area (Å²) in [5.41, 5.74) is 4.42. The molecule has 0 aromatic heterocycles. The molecule has 0 bridgehead atoms.